The van der Waals surface area contributed by atoms with Crippen molar-refractivity contribution < 1.29 is 9.18 Å². The van der Waals surface area contributed by atoms with Crippen molar-refractivity contribution in [3.05, 3.63) is 52.0 Å². The quantitative estimate of drug-likeness (QED) is 0.724. The maximum Gasteiger partial charge on any atom is 0.244 e. The van der Waals surface area contributed by atoms with Gasteiger partial charge in [0.1, 0.15) is 11.6 Å². The first-order chi connectivity index (χ1) is 11.5. The zero-order chi connectivity index (χ0) is 17.1. The van der Waals surface area contributed by atoms with Gasteiger partial charge in [0.2, 0.25) is 5.91 Å². The number of aromatic nitrogens is 3. The molecule has 0 bridgehead atoms. The van der Waals surface area contributed by atoms with Gasteiger partial charge in [-0.05, 0) is 25.1 Å². The molecule has 1 N–H and O–H groups in total. The number of rotatable bonds is 5. The van der Waals surface area contributed by atoms with Gasteiger partial charge < -0.3 is 9.88 Å². The van der Waals surface area contributed by atoms with Crippen LogP contribution in [-0.4, -0.2) is 27.0 Å². The van der Waals surface area contributed by atoms with Gasteiger partial charge in [0, 0.05) is 37.5 Å². The van der Waals surface area contributed by atoms with E-state index in [1.54, 1.807) is 23.5 Å². The van der Waals surface area contributed by atoms with Gasteiger partial charge >= 0.3 is 0 Å². The summed E-state index contributed by atoms with van der Waals surface area (Å²) >= 11 is 1.54. The SMILES string of the molecule is Cc1nc(/C=C\C(=O)NCCc2nc3cc(F)ccc3n2C)cs1. The van der Waals surface area contributed by atoms with Crippen LogP contribution in [0.15, 0.2) is 29.7 Å². The van der Waals surface area contributed by atoms with Crippen molar-refractivity contribution in [2.24, 2.45) is 7.05 Å². The minimum Gasteiger partial charge on any atom is -0.352 e. The van der Waals surface area contributed by atoms with Crippen LogP contribution in [-0.2, 0) is 18.3 Å². The first-order valence-corrected chi connectivity index (χ1v) is 8.40. The van der Waals surface area contributed by atoms with Crippen LogP contribution in [0, 0.1) is 12.7 Å². The van der Waals surface area contributed by atoms with Crippen LogP contribution >= 0.6 is 11.3 Å². The van der Waals surface area contributed by atoms with Gasteiger partial charge in [-0.2, -0.15) is 0 Å². The van der Waals surface area contributed by atoms with Crippen LogP contribution in [0.25, 0.3) is 17.1 Å². The number of hydrogen-bond donors (Lipinski definition) is 1. The molecule has 1 aromatic carbocycles. The maximum absolute atomic E-state index is 13.2. The number of nitrogens with one attached hydrogen (secondary N) is 1. The largest absolute Gasteiger partial charge is 0.352 e. The van der Waals surface area contributed by atoms with Crippen molar-refractivity contribution in [3.63, 3.8) is 0 Å². The molecular weight excluding hydrogens is 327 g/mol. The number of aryl methyl sites for hydroxylation is 2. The number of fused-ring (bicyclic) bond motifs is 1. The van der Waals surface area contributed by atoms with Crippen molar-refractivity contribution >= 4 is 34.4 Å². The van der Waals surface area contributed by atoms with E-state index < -0.39 is 0 Å². The van der Waals surface area contributed by atoms with Crippen LogP contribution in [0.4, 0.5) is 4.39 Å². The standard InChI is InChI=1S/C17H17FN4OS/c1-11-20-13(10-24-11)4-6-17(23)19-8-7-16-21-14-9-12(18)3-5-15(14)22(16)2/h3-6,9-10H,7-8H2,1-2H3,(H,19,23)/b6-4-. The van der Waals surface area contributed by atoms with E-state index in [1.807, 2.05) is 23.9 Å². The Morgan fingerprint density at radius 3 is 3.00 bits per heavy atom. The molecule has 0 radical (unpaired) electrons. The van der Waals surface area contributed by atoms with Crippen LogP contribution in [0.1, 0.15) is 16.5 Å². The lowest BCUT2D eigenvalue weighted by atomic mass is 10.3. The van der Waals surface area contributed by atoms with Gasteiger partial charge in [-0.1, -0.05) is 0 Å². The summed E-state index contributed by atoms with van der Waals surface area (Å²) in [6.07, 6.45) is 3.73. The van der Waals surface area contributed by atoms with Crippen LogP contribution in [0.2, 0.25) is 0 Å². The first kappa shape index (κ1) is 16.3. The number of amides is 1. The molecule has 124 valence electrons. The topological polar surface area (TPSA) is 59.8 Å². The molecule has 0 fully saturated rings. The second kappa shape index (κ2) is 6.92. The van der Waals surface area contributed by atoms with E-state index in [2.05, 4.69) is 15.3 Å². The highest BCUT2D eigenvalue weighted by Crippen LogP contribution is 2.16. The van der Waals surface area contributed by atoms with E-state index >= 15 is 0 Å². The molecule has 0 saturated heterocycles. The molecule has 5 nitrogen and oxygen atoms in total. The molecular formula is C17H17FN4OS. The predicted molar refractivity (Wildman–Crippen MR) is 93.3 cm³/mol. The normalized spacial score (nSPS) is 11.5. The summed E-state index contributed by atoms with van der Waals surface area (Å²) in [6, 6.07) is 4.54. The van der Waals surface area contributed by atoms with Crippen molar-refractivity contribution in [2.75, 3.05) is 6.54 Å². The average molecular weight is 344 g/mol. The molecule has 0 saturated carbocycles. The third kappa shape index (κ3) is 3.68. The number of thiazole rings is 1. The highest BCUT2D eigenvalue weighted by atomic mass is 32.1. The fourth-order valence-electron chi connectivity index (χ4n) is 2.42. The second-order valence-corrected chi connectivity index (χ2v) is 6.45. The van der Waals surface area contributed by atoms with E-state index in [0.717, 1.165) is 22.0 Å². The molecule has 0 spiro atoms. The lowest BCUT2D eigenvalue weighted by Crippen LogP contribution is -2.24. The minimum absolute atomic E-state index is 0.175. The number of hydrogen-bond acceptors (Lipinski definition) is 4. The van der Waals surface area contributed by atoms with Gasteiger partial charge in [0.25, 0.3) is 0 Å². The molecule has 0 aliphatic heterocycles. The highest BCUT2D eigenvalue weighted by Gasteiger charge is 2.08. The minimum atomic E-state index is -0.303. The van der Waals surface area contributed by atoms with Crippen molar-refractivity contribution in [2.45, 2.75) is 13.3 Å². The first-order valence-electron chi connectivity index (χ1n) is 7.52. The van der Waals surface area contributed by atoms with Crippen LogP contribution < -0.4 is 5.32 Å². The van der Waals surface area contributed by atoms with Gasteiger partial charge in [-0.15, -0.1) is 11.3 Å². The zero-order valence-corrected chi connectivity index (χ0v) is 14.2. The fraction of sp³-hybridized carbons (Fsp3) is 0.235. The number of halogens is 1. The molecule has 1 amide bonds. The summed E-state index contributed by atoms with van der Waals surface area (Å²) in [7, 11) is 1.88. The predicted octanol–water partition coefficient (Wildman–Crippen LogP) is 2.85. The monoisotopic (exact) mass is 344 g/mol. The Balaban J connectivity index is 1.57. The summed E-state index contributed by atoms with van der Waals surface area (Å²) in [5.41, 5.74) is 2.28. The molecule has 7 heteroatoms. The van der Waals surface area contributed by atoms with Crippen molar-refractivity contribution in [1.82, 2.24) is 19.9 Å². The lowest BCUT2D eigenvalue weighted by molar-refractivity contribution is -0.116. The Morgan fingerprint density at radius 2 is 2.25 bits per heavy atom. The summed E-state index contributed by atoms with van der Waals surface area (Å²) in [5.74, 6) is 0.323. The zero-order valence-electron chi connectivity index (χ0n) is 13.4. The third-order valence-electron chi connectivity index (χ3n) is 3.63. The molecule has 2 aromatic heterocycles. The van der Waals surface area contributed by atoms with Crippen molar-refractivity contribution in [1.29, 1.82) is 0 Å². The molecule has 3 aromatic rings. The average Bonchev–Trinajstić information content (AvgIpc) is 3.09. The number of nitrogens with zero attached hydrogens (tertiary/aromatic N) is 3. The Morgan fingerprint density at radius 1 is 1.42 bits per heavy atom. The van der Waals surface area contributed by atoms with E-state index in [4.69, 9.17) is 0 Å². The second-order valence-electron chi connectivity index (χ2n) is 5.39. The van der Waals surface area contributed by atoms with Crippen LogP contribution in [0.3, 0.4) is 0 Å². The highest BCUT2D eigenvalue weighted by molar-refractivity contribution is 7.09. The number of imidazole rings is 1. The molecule has 0 aliphatic carbocycles. The summed E-state index contributed by atoms with van der Waals surface area (Å²) < 4.78 is 15.2. The molecule has 3 rings (SSSR count). The Labute approximate surface area is 142 Å². The van der Waals surface area contributed by atoms with E-state index in [1.165, 1.54) is 18.2 Å². The molecule has 2 heterocycles. The summed E-state index contributed by atoms with van der Waals surface area (Å²) in [4.78, 5) is 20.5. The fourth-order valence-corrected chi connectivity index (χ4v) is 3.00. The molecule has 0 atom stereocenters. The Hall–Kier alpha value is -2.54. The van der Waals surface area contributed by atoms with Crippen LogP contribution in [0.5, 0.6) is 0 Å². The van der Waals surface area contributed by atoms with Gasteiger partial charge in [-0.3, -0.25) is 4.79 Å². The van der Waals surface area contributed by atoms with Gasteiger partial charge in [0.05, 0.1) is 21.7 Å². The Bertz CT molecular complexity index is 913. The smallest absolute Gasteiger partial charge is 0.244 e. The molecule has 0 unspecified atom stereocenters. The summed E-state index contributed by atoms with van der Waals surface area (Å²) in [6.45, 7) is 2.38. The molecule has 0 aliphatic rings. The van der Waals surface area contributed by atoms with E-state index in [0.29, 0.717) is 18.5 Å². The molecule has 24 heavy (non-hydrogen) atoms. The van der Waals surface area contributed by atoms with Crippen molar-refractivity contribution in [3.8, 4) is 0 Å². The maximum atomic E-state index is 13.2. The number of carbonyl (C=O) groups excluding carboxylic acids is 1. The number of benzene rings is 1. The van der Waals surface area contributed by atoms with E-state index in [-0.39, 0.29) is 11.7 Å². The number of carbonyl (C=O) groups is 1. The summed E-state index contributed by atoms with van der Waals surface area (Å²) in [5, 5.41) is 5.68. The van der Waals surface area contributed by atoms with Gasteiger partial charge in [0.15, 0.2) is 0 Å². The van der Waals surface area contributed by atoms with Gasteiger partial charge in [-0.25, -0.2) is 14.4 Å². The van der Waals surface area contributed by atoms with E-state index in [9.17, 15) is 9.18 Å². The Kier molecular flexibility index (Phi) is 4.71. The lowest BCUT2D eigenvalue weighted by Gasteiger charge is -2.03. The third-order valence-corrected chi connectivity index (χ3v) is 4.42.